The van der Waals surface area contributed by atoms with Crippen molar-refractivity contribution in [3.63, 3.8) is 0 Å². The van der Waals surface area contributed by atoms with E-state index in [0.717, 1.165) is 5.56 Å². The molecule has 1 aromatic carbocycles. The fourth-order valence-electron chi connectivity index (χ4n) is 2.79. The first-order valence-corrected chi connectivity index (χ1v) is 6.86. The number of likely N-dealkylation sites (tertiary alicyclic amines) is 1. The summed E-state index contributed by atoms with van der Waals surface area (Å²) in [5.74, 6) is 0.0737. The van der Waals surface area contributed by atoms with Crippen molar-refractivity contribution in [1.82, 2.24) is 4.90 Å². The summed E-state index contributed by atoms with van der Waals surface area (Å²) in [7, 11) is 0. The lowest BCUT2D eigenvalue weighted by Crippen LogP contribution is -2.51. The lowest BCUT2D eigenvalue weighted by molar-refractivity contribution is -0.139. The molecule has 0 spiro atoms. The quantitative estimate of drug-likeness (QED) is 0.926. The fourth-order valence-corrected chi connectivity index (χ4v) is 2.79. The van der Waals surface area contributed by atoms with Crippen LogP contribution in [0, 0.1) is 0 Å². The van der Waals surface area contributed by atoms with Crippen molar-refractivity contribution < 1.29 is 13.6 Å². The summed E-state index contributed by atoms with van der Waals surface area (Å²) in [5.41, 5.74) is 6.97. The topological polar surface area (TPSA) is 46.3 Å². The number of nitrogens with zero attached hydrogens (tertiary/aromatic N) is 1. The highest BCUT2D eigenvalue weighted by Gasteiger charge is 2.36. The van der Waals surface area contributed by atoms with Crippen LogP contribution in [0.2, 0.25) is 0 Å². The van der Waals surface area contributed by atoms with Gasteiger partial charge in [0.05, 0.1) is 6.04 Å². The van der Waals surface area contributed by atoms with E-state index in [4.69, 9.17) is 5.73 Å². The number of nitrogens with two attached hydrogens (primary N) is 1. The summed E-state index contributed by atoms with van der Waals surface area (Å²) in [4.78, 5) is 13.9. The standard InChI is InChI=1S/C15H20F2N2O/c1-9(2)19-13(20)8-7-12(18)14(19)10-3-5-11(6-4-10)15(16)17/h3-6,9,12,14-15H,7-8,18H2,1-2H3. The van der Waals surface area contributed by atoms with Crippen LogP contribution in [-0.4, -0.2) is 22.9 Å². The van der Waals surface area contributed by atoms with E-state index in [1.165, 1.54) is 12.1 Å². The molecule has 1 fully saturated rings. The average molecular weight is 282 g/mol. The smallest absolute Gasteiger partial charge is 0.263 e. The first kappa shape index (κ1) is 14.9. The molecule has 2 rings (SSSR count). The van der Waals surface area contributed by atoms with Gasteiger partial charge in [0.1, 0.15) is 0 Å². The number of carbonyl (C=O) groups is 1. The predicted molar refractivity (Wildman–Crippen MR) is 73.3 cm³/mol. The van der Waals surface area contributed by atoms with Crippen molar-refractivity contribution in [2.24, 2.45) is 5.73 Å². The highest BCUT2D eigenvalue weighted by atomic mass is 19.3. The lowest BCUT2D eigenvalue weighted by Gasteiger charge is -2.42. The summed E-state index contributed by atoms with van der Waals surface area (Å²) < 4.78 is 25.2. The molecule has 1 heterocycles. The second-order valence-corrected chi connectivity index (χ2v) is 5.51. The SMILES string of the molecule is CC(C)N1C(=O)CCC(N)C1c1ccc(C(F)F)cc1. The van der Waals surface area contributed by atoms with Gasteiger partial charge >= 0.3 is 0 Å². The Morgan fingerprint density at radius 3 is 2.35 bits per heavy atom. The van der Waals surface area contributed by atoms with Crippen LogP contribution in [0.15, 0.2) is 24.3 Å². The number of piperidine rings is 1. The van der Waals surface area contributed by atoms with Gasteiger partial charge in [0.15, 0.2) is 0 Å². The van der Waals surface area contributed by atoms with E-state index >= 15 is 0 Å². The van der Waals surface area contributed by atoms with E-state index in [9.17, 15) is 13.6 Å². The predicted octanol–water partition coefficient (Wildman–Crippen LogP) is 3.02. The van der Waals surface area contributed by atoms with Crippen LogP contribution in [0.3, 0.4) is 0 Å². The van der Waals surface area contributed by atoms with Crippen molar-refractivity contribution in [2.45, 2.75) is 51.2 Å². The van der Waals surface area contributed by atoms with Gasteiger partial charge in [-0.05, 0) is 25.8 Å². The number of rotatable bonds is 3. The molecule has 1 aliphatic rings. The van der Waals surface area contributed by atoms with E-state index in [2.05, 4.69) is 0 Å². The Morgan fingerprint density at radius 2 is 1.85 bits per heavy atom. The molecule has 0 saturated carbocycles. The van der Waals surface area contributed by atoms with Crippen molar-refractivity contribution in [3.05, 3.63) is 35.4 Å². The third-order valence-electron chi connectivity index (χ3n) is 3.77. The number of benzene rings is 1. The molecule has 3 nitrogen and oxygen atoms in total. The molecule has 2 unspecified atom stereocenters. The molecule has 0 aromatic heterocycles. The van der Waals surface area contributed by atoms with Gasteiger partial charge in [-0.2, -0.15) is 0 Å². The second kappa shape index (κ2) is 5.87. The second-order valence-electron chi connectivity index (χ2n) is 5.51. The van der Waals surface area contributed by atoms with Gasteiger partial charge < -0.3 is 10.6 Å². The van der Waals surface area contributed by atoms with Gasteiger partial charge in [0, 0.05) is 24.1 Å². The lowest BCUT2D eigenvalue weighted by atomic mass is 9.89. The van der Waals surface area contributed by atoms with Crippen molar-refractivity contribution in [3.8, 4) is 0 Å². The molecule has 2 atom stereocenters. The van der Waals surface area contributed by atoms with Gasteiger partial charge in [-0.25, -0.2) is 8.78 Å². The Hall–Kier alpha value is -1.49. The third kappa shape index (κ3) is 2.82. The van der Waals surface area contributed by atoms with Crippen molar-refractivity contribution in [1.29, 1.82) is 0 Å². The molecular weight excluding hydrogens is 262 g/mol. The zero-order valence-electron chi connectivity index (χ0n) is 11.7. The van der Waals surface area contributed by atoms with Gasteiger partial charge in [0.2, 0.25) is 5.91 Å². The average Bonchev–Trinajstić information content (AvgIpc) is 2.40. The maximum Gasteiger partial charge on any atom is 0.263 e. The molecule has 0 radical (unpaired) electrons. The van der Waals surface area contributed by atoms with E-state index < -0.39 is 6.43 Å². The molecule has 5 heteroatoms. The molecule has 1 aromatic rings. The van der Waals surface area contributed by atoms with Gasteiger partial charge in [-0.15, -0.1) is 0 Å². The minimum Gasteiger partial charge on any atom is -0.332 e. The van der Waals surface area contributed by atoms with E-state index in [-0.39, 0.29) is 29.6 Å². The Balaban J connectivity index is 2.33. The highest BCUT2D eigenvalue weighted by molar-refractivity contribution is 5.78. The molecule has 1 saturated heterocycles. The minimum absolute atomic E-state index is 0.0134. The Labute approximate surface area is 117 Å². The molecule has 20 heavy (non-hydrogen) atoms. The molecule has 110 valence electrons. The molecular formula is C15H20F2N2O. The molecule has 0 bridgehead atoms. The van der Waals surface area contributed by atoms with E-state index in [1.807, 2.05) is 13.8 Å². The van der Waals surface area contributed by atoms with Crippen molar-refractivity contribution >= 4 is 5.91 Å². The van der Waals surface area contributed by atoms with Gasteiger partial charge in [-0.1, -0.05) is 24.3 Å². The van der Waals surface area contributed by atoms with Crippen LogP contribution in [0.25, 0.3) is 0 Å². The third-order valence-corrected chi connectivity index (χ3v) is 3.77. The molecule has 1 aliphatic heterocycles. The van der Waals surface area contributed by atoms with Crippen molar-refractivity contribution in [2.75, 3.05) is 0 Å². The van der Waals surface area contributed by atoms with Gasteiger partial charge in [-0.3, -0.25) is 4.79 Å². The summed E-state index contributed by atoms with van der Waals surface area (Å²) in [6.45, 7) is 3.88. The first-order chi connectivity index (χ1) is 9.41. The summed E-state index contributed by atoms with van der Waals surface area (Å²) >= 11 is 0. The maximum atomic E-state index is 12.6. The number of carbonyl (C=O) groups excluding carboxylic acids is 1. The minimum atomic E-state index is -2.48. The summed E-state index contributed by atoms with van der Waals surface area (Å²) in [5, 5.41) is 0. The Kier molecular flexibility index (Phi) is 4.38. The monoisotopic (exact) mass is 282 g/mol. The number of alkyl halides is 2. The van der Waals surface area contributed by atoms with Crippen LogP contribution in [-0.2, 0) is 4.79 Å². The molecule has 2 N–H and O–H groups in total. The van der Waals surface area contributed by atoms with Gasteiger partial charge in [0.25, 0.3) is 6.43 Å². The van der Waals surface area contributed by atoms with Crippen LogP contribution >= 0.6 is 0 Å². The zero-order chi connectivity index (χ0) is 14.9. The summed E-state index contributed by atoms with van der Waals surface area (Å²) in [6, 6.07) is 5.76. The number of halogens is 2. The maximum absolute atomic E-state index is 12.6. The molecule has 0 aliphatic carbocycles. The summed E-state index contributed by atoms with van der Waals surface area (Å²) in [6.07, 6.45) is -1.40. The highest BCUT2D eigenvalue weighted by Crippen LogP contribution is 2.33. The van der Waals surface area contributed by atoms with Crippen LogP contribution in [0.5, 0.6) is 0 Å². The first-order valence-electron chi connectivity index (χ1n) is 6.86. The zero-order valence-corrected chi connectivity index (χ0v) is 11.7. The number of amides is 1. The van der Waals surface area contributed by atoms with E-state index in [0.29, 0.717) is 12.8 Å². The Bertz CT molecular complexity index is 473. The fraction of sp³-hybridized carbons (Fsp3) is 0.533. The normalized spacial score (nSPS) is 23.8. The van der Waals surface area contributed by atoms with Crippen LogP contribution in [0.1, 0.15) is 50.3 Å². The molecule has 1 amide bonds. The van der Waals surface area contributed by atoms with Crippen LogP contribution < -0.4 is 5.73 Å². The van der Waals surface area contributed by atoms with Crippen LogP contribution in [0.4, 0.5) is 8.78 Å². The largest absolute Gasteiger partial charge is 0.332 e. The number of hydrogen-bond donors (Lipinski definition) is 1. The Morgan fingerprint density at radius 1 is 1.25 bits per heavy atom. The van der Waals surface area contributed by atoms with E-state index in [1.54, 1.807) is 17.0 Å². The number of hydrogen-bond acceptors (Lipinski definition) is 2.